The number of nitrogen functional groups attached to an aromatic ring is 1. The van der Waals surface area contributed by atoms with Crippen molar-refractivity contribution in [2.45, 2.75) is 19.3 Å². The minimum Gasteiger partial charge on any atom is -0.396 e. The van der Waals surface area contributed by atoms with Crippen molar-refractivity contribution in [3.05, 3.63) is 23.8 Å². The van der Waals surface area contributed by atoms with Gasteiger partial charge in [0.15, 0.2) is 0 Å². The highest BCUT2D eigenvalue weighted by atomic mass is 19.1. The number of fused-ring (bicyclic) bond motifs is 2. The van der Waals surface area contributed by atoms with E-state index in [1.54, 1.807) is 0 Å². The Labute approximate surface area is 108 Å². The van der Waals surface area contributed by atoms with E-state index in [0.29, 0.717) is 25.3 Å². The Morgan fingerprint density at radius 1 is 1.05 bits per heavy atom. The molecule has 0 aromatic heterocycles. The van der Waals surface area contributed by atoms with Gasteiger partial charge in [-0.15, -0.1) is 0 Å². The molecule has 1 aromatic rings. The molecule has 2 fully saturated rings. The quantitative estimate of drug-likeness (QED) is 0.623. The van der Waals surface area contributed by atoms with E-state index >= 15 is 0 Å². The van der Waals surface area contributed by atoms with Gasteiger partial charge in [0, 0.05) is 17.9 Å². The third-order valence-corrected chi connectivity index (χ3v) is 3.88. The van der Waals surface area contributed by atoms with Crippen LogP contribution in [0.1, 0.15) is 19.3 Å². The van der Waals surface area contributed by atoms with Gasteiger partial charge < -0.3 is 5.73 Å². The number of nitrogens with zero attached hydrogens (tertiary/aromatic N) is 1. The molecule has 1 aromatic carbocycles. The normalized spacial score (nSPS) is 26.1. The van der Waals surface area contributed by atoms with Gasteiger partial charge in [0.1, 0.15) is 11.6 Å². The molecule has 2 aliphatic rings. The maximum atomic E-state index is 13.8. The van der Waals surface area contributed by atoms with E-state index < -0.39 is 23.4 Å². The fourth-order valence-electron chi connectivity index (χ4n) is 2.87. The Balaban J connectivity index is 2.08. The predicted octanol–water partition coefficient (Wildman–Crippen LogP) is 1.84. The number of benzene rings is 1. The van der Waals surface area contributed by atoms with Crippen molar-refractivity contribution in [2.75, 3.05) is 10.6 Å². The SMILES string of the molecule is Nc1cc(N2C(=O)C3CCC(C3)C2=O)c(F)cc1F. The number of nitrogens with two attached hydrogens (primary N) is 1. The second kappa shape index (κ2) is 4.01. The van der Waals surface area contributed by atoms with E-state index in [2.05, 4.69) is 0 Å². The number of carbonyl (C=O) groups is 2. The first-order chi connectivity index (χ1) is 8.99. The molecule has 2 N–H and O–H groups in total. The first-order valence-electron chi connectivity index (χ1n) is 6.11. The van der Waals surface area contributed by atoms with Crippen LogP contribution in [0.4, 0.5) is 20.2 Å². The van der Waals surface area contributed by atoms with Gasteiger partial charge in [0.25, 0.3) is 0 Å². The molecule has 4 nitrogen and oxygen atoms in total. The first-order valence-corrected chi connectivity index (χ1v) is 6.11. The van der Waals surface area contributed by atoms with Crippen molar-refractivity contribution in [3.8, 4) is 0 Å². The van der Waals surface area contributed by atoms with Crippen LogP contribution in [0.5, 0.6) is 0 Å². The highest BCUT2D eigenvalue weighted by Gasteiger charge is 2.46. The average Bonchev–Trinajstić information content (AvgIpc) is 2.80. The van der Waals surface area contributed by atoms with E-state index in [-0.39, 0.29) is 23.2 Å². The molecule has 2 bridgehead atoms. The van der Waals surface area contributed by atoms with Crippen molar-refractivity contribution in [2.24, 2.45) is 11.8 Å². The minimum atomic E-state index is -0.949. The molecule has 3 rings (SSSR count). The highest BCUT2D eigenvalue weighted by molar-refractivity contribution is 6.18. The van der Waals surface area contributed by atoms with Crippen molar-refractivity contribution in [3.63, 3.8) is 0 Å². The molecule has 1 aliphatic heterocycles. The number of piperidine rings is 1. The summed E-state index contributed by atoms with van der Waals surface area (Å²) in [4.78, 5) is 25.1. The van der Waals surface area contributed by atoms with Gasteiger partial charge in [0.2, 0.25) is 11.8 Å². The summed E-state index contributed by atoms with van der Waals surface area (Å²) in [7, 11) is 0. The number of hydrogen-bond donors (Lipinski definition) is 1. The third-order valence-electron chi connectivity index (χ3n) is 3.88. The molecule has 1 saturated carbocycles. The molecule has 6 heteroatoms. The van der Waals surface area contributed by atoms with E-state index in [4.69, 9.17) is 5.73 Å². The summed E-state index contributed by atoms with van der Waals surface area (Å²) < 4.78 is 26.9. The maximum Gasteiger partial charge on any atom is 0.237 e. The number of hydrogen-bond acceptors (Lipinski definition) is 3. The molecule has 19 heavy (non-hydrogen) atoms. The number of imide groups is 1. The largest absolute Gasteiger partial charge is 0.396 e. The van der Waals surface area contributed by atoms with E-state index in [0.717, 1.165) is 11.0 Å². The number of anilines is 2. The van der Waals surface area contributed by atoms with Gasteiger partial charge in [0.05, 0.1) is 11.4 Å². The number of carbonyl (C=O) groups excluding carboxylic acids is 2. The standard InChI is InChI=1S/C13H12F2N2O2/c14-8-4-9(15)11(5-10(8)16)17-12(18)6-1-2-7(3-6)13(17)19/h4-7H,1-3,16H2. The van der Waals surface area contributed by atoms with E-state index in [1.807, 2.05) is 0 Å². The third kappa shape index (κ3) is 1.70. The summed E-state index contributed by atoms with van der Waals surface area (Å²) in [5.74, 6) is -3.16. The zero-order chi connectivity index (χ0) is 13.7. The molecule has 0 spiro atoms. The topological polar surface area (TPSA) is 63.4 Å². The van der Waals surface area contributed by atoms with Crippen LogP contribution in [-0.4, -0.2) is 11.8 Å². The van der Waals surface area contributed by atoms with Crippen molar-refractivity contribution < 1.29 is 18.4 Å². The lowest BCUT2D eigenvalue weighted by atomic mass is 9.96. The molecule has 2 unspecified atom stereocenters. The van der Waals surface area contributed by atoms with Crippen molar-refractivity contribution in [1.82, 2.24) is 0 Å². The Hall–Kier alpha value is -1.98. The average molecular weight is 266 g/mol. The summed E-state index contributed by atoms with van der Waals surface area (Å²) in [5.41, 5.74) is 4.85. The van der Waals surface area contributed by atoms with Gasteiger partial charge in [-0.05, 0) is 25.3 Å². The van der Waals surface area contributed by atoms with Crippen LogP contribution in [-0.2, 0) is 9.59 Å². The summed E-state index contributed by atoms with van der Waals surface area (Å²) in [5, 5.41) is 0. The molecule has 0 radical (unpaired) electrons. The van der Waals surface area contributed by atoms with Crippen LogP contribution in [0.2, 0.25) is 0 Å². The van der Waals surface area contributed by atoms with Crippen LogP contribution in [0.25, 0.3) is 0 Å². The molecule has 100 valence electrons. The molecule has 1 heterocycles. The van der Waals surface area contributed by atoms with Crippen molar-refractivity contribution >= 4 is 23.2 Å². The lowest BCUT2D eigenvalue weighted by Crippen LogP contribution is -2.46. The van der Waals surface area contributed by atoms with Gasteiger partial charge >= 0.3 is 0 Å². The number of rotatable bonds is 1. The summed E-state index contributed by atoms with van der Waals surface area (Å²) in [6.07, 6.45) is 1.82. The lowest BCUT2D eigenvalue weighted by Gasteiger charge is -2.30. The van der Waals surface area contributed by atoms with Crippen LogP contribution in [0.3, 0.4) is 0 Å². The van der Waals surface area contributed by atoms with Gasteiger partial charge in [-0.3, -0.25) is 9.59 Å². The van der Waals surface area contributed by atoms with E-state index in [1.165, 1.54) is 0 Å². The summed E-state index contributed by atoms with van der Waals surface area (Å²) in [6, 6.07) is 1.60. The van der Waals surface area contributed by atoms with Crippen LogP contribution >= 0.6 is 0 Å². The van der Waals surface area contributed by atoms with Crippen molar-refractivity contribution in [1.29, 1.82) is 0 Å². The second-order valence-electron chi connectivity index (χ2n) is 5.04. The van der Waals surface area contributed by atoms with Gasteiger partial charge in [-0.25, -0.2) is 13.7 Å². The summed E-state index contributed by atoms with van der Waals surface area (Å²) in [6.45, 7) is 0. The maximum absolute atomic E-state index is 13.8. The fourth-order valence-corrected chi connectivity index (χ4v) is 2.87. The Bertz CT molecular complexity index is 566. The van der Waals surface area contributed by atoms with E-state index in [9.17, 15) is 18.4 Å². The van der Waals surface area contributed by atoms with Gasteiger partial charge in [-0.2, -0.15) is 0 Å². The van der Waals surface area contributed by atoms with Crippen LogP contribution in [0.15, 0.2) is 12.1 Å². The zero-order valence-corrected chi connectivity index (χ0v) is 10.0. The Morgan fingerprint density at radius 3 is 2.21 bits per heavy atom. The smallest absolute Gasteiger partial charge is 0.237 e. The lowest BCUT2D eigenvalue weighted by molar-refractivity contribution is -0.133. The minimum absolute atomic E-state index is 0.242. The predicted molar refractivity (Wildman–Crippen MR) is 64.1 cm³/mol. The molecular formula is C13H12F2N2O2. The Morgan fingerprint density at radius 2 is 1.63 bits per heavy atom. The molecule has 2 atom stereocenters. The zero-order valence-electron chi connectivity index (χ0n) is 10.0. The molecular weight excluding hydrogens is 254 g/mol. The number of amides is 2. The highest BCUT2D eigenvalue weighted by Crippen LogP contribution is 2.41. The first kappa shape index (κ1) is 12.1. The molecule has 1 aliphatic carbocycles. The Kier molecular flexibility index (Phi) is 2.55. The summed E-state index contributed by atoms with van der Waals surface area (Å²) >= 11 is 0. The monoisotopic (exact) mass is 266 g/mol. The molecule has 2 amide bonds. The molecule has 1 saturated heterocycles. The van der Waals surface area contributed by atoms with Gasteiger partial charge in [-0.1, -0.05) is 0 Å². The fraction of sp³-hybridized carbons (Fsp3) is 0.385. The van der Waals surface area contributed by atoms with Crippen LogP contribution < -0.4 is 10.6 Å². The van der Waals surface area contributed by atoms with Crippen LogP contribution in [0, 0.1) is 23.5 Å². The second-order valence-corrected chi connectivity index (χ2v) is 5.04. The number of halogens is 2.